The topological polar surface area (TPSA) is 111 Å². The van der Waals surface area contributed by atoms with E-state index in [2.05, 4.69) is 10.5 Å². The molecule has 2 aliphatic heterocycles. The van der Waals surface area contributed by atoms with Crippen LogP contribution in [0, 0.1) is 5.82 Å². The first-order chi connectivity index (χ1) is 15.4. The zero-order valence-electron chi connectivity index (χ0n) is 19.4. The van der Waals surface area contributed by atoms with Crippen LogP contribution < -0.4 is 40.0 Å². The molecule has 3 aliphatic rings. The van der Waals surface area contributed by atoms with Crippen molar-refractivity contribution in [2.45, 2.75) is 74.3 Å². The second-order valence-corrected chi connectivity index (χ2v) is 11.5. The van der Waals surface area contributed by atoms with Crippen molar-refractivity contribution in [3.63, 3.8) is 0 Å². The smallest absolute Gasteiger partial charge is 0.548 e. The summed E-state index contributed by atoms with van der Waals surface area (Å²) in [4.78, 5) is 44.4. The molecule has 3 atom stereocenters. The van der Waals surface area contributed by atoms with Crippen molar-refractivity contribution in [1.82, 2.24) is 10.2 Å². The van der Waals surface area contributed by atoms with Crippen LogP contribution in [0.4, 0.5) is 4.39 Å². The second kappa shape index (κ2) is 9.97. The number of carboxylic acids is 1. The number of oxime groups is 1. The van der Waals surface area contributed by atoms with Gasteiger partial charge in [0.25, 0.3) is 5.91 Å². The van der Waals surface area contributed by atoms with E-state index in [-0.39, 0.29) is 45.9 Å². The number of hydrogen-bond acceptors (Lipinski definition) is 7. The van der Waals surface area contributed by atoms with E-state index in [1.54, 1.807) is 13.8 Å². The zero-order valence-corrected chi connectivity index (χ0v) is 23.0. The molecule has 0 aromatic heterocycles. The third kappa shape index (κ3) is 4.84. The number of fused-ring (bicyclic) bond motifs is 1. The molecular weight excluding hydrogens is 496 g/mol. The number of benzene rings is 1. The Kier molecular flexibility index (Phi) is 7.99. The van der Waals surface area contributed by atoms with Gasteiger partial charge in [-0.3, -0.25) is 9.59 Å². The van der Waals surface area contributed by atoms with Crippen molar-refractivity contribution in [2.75, 3.05) is 0 Å². The van der Waals surface area contributed by atoms with Crippen LogP contribution >= 0.6 is 23.4 Å². The maximum Gasteiger partial charge on any atom is 1.00 e. The maximum atomic E-state index is 14.7. The van der Waals surface area contributed by atoms with E-state index < -0.39 is 51.4 Å². The molecule has 1 saturated carbocycles. The minimum Gasteiger partial charge on any atom is -0.548 e. The van der Waals surface area contributed by atoms with Crippen molar-refractivity contribution in [3.8, 4) is 0 Å². The minimum absolute atomic E-state index is 0. The molecule has 2 saturated heterocycles. The van der Waals surface area contributed by atoms with Gasteiger partial charge in [0.05, 0.1) is 22.6 Å². The van der Waals surface area contributed by atoms with E-state index in [1.165, 1.54) is 28.8 Å². The minimum atomic E-state index is -1.35. The number of nitrogens with zero attached hydrogens (tertiary/aromatic N) is 2. The van der Waals surface area contributed by atoms with Crippen LogP contribution in [0.3, 0.4) is 0 Å². The molecule has 0 bridgehead atoms. The van der Waals surface area contributed by atoms with Crippen LogP contribution in [0.2, 0.25) is 5.02 Å². The summed E-state index contributed by atoms with van der Waals surface area (Å²) in [6.45, 7) is 5.27. The van der Waals surface area contributed by atoms with E-state index >= 15 is 0 Å². The SMILES string of the molecule is CC1(O/N=C(\C(=O)N[C@H]2C(=O)N3[C@@H]2SC(C)(C)[C@@H]3C(=O)[O-])c2c(F)cccc2Cl)CCCC1.[Na+]. The molecule has 1 N–H and O–H groups in total. The fraction of sp³-hybridized carbons (Fsp3) is 0.545. The Morgan fingerprint density at radius 1 is 1.29 bits per heavy atom. The number of carboxylic acid groups (broad SMARTS) is 1. The normalized spacial score (nSPS) is 26.9. The van der Waals surface area contributed by atoms with Gasteiger partial charge in [-0.2, -0.15) is 0 Å². The fourth-order valence-corrected chi connectivity index (χ4v) is 6.50. The van der Waals surface area contributed by atoms with E-state index in [4.69, 9.17) is 16.4 Å². The van der Waals surface area contributed by atoms with E-state index in [0.29, 0.717) is 0 Å². The number of β-lactam (4-membered cyclic amide) rings is 1. The Morgan fingerprint density at radius 2 is 1.94 bits per heavy atom. The first kappa shape index (κ1) is 27.3. The number of aliphatic carboxylic acids is 1. The van der Waals surface area contributed by atoms with Gasteiger partial charge < -0.3 is 25.0 Å². The van der Waals surface area contributed by atoms with Crippen LogP contribution in [0.5, 0.6) is 0 Å². The largest absolute Gasteiger partial charge is 1.00 e. The molecule has 1 aromatic carbocycles. The number of carbonyl (C=O) groups excluding carboxylic acids is 3. The average Bonchev–Trinajstić information content (AvgIpc) is 3.27. The number of nitrogens with one attached hydrogen (secondary N) is 1. The van der Waals surface area contributed by atoms with Crippen molar-refractivity contribution < 1.29 is 58.3 Å². The summed E-state index contributed by atoms with van der Waals surface area (Å²) in [6, 6.07) is 1.87. The number of thioether (sulfide) groups is 1. The van der Waals surface area contributed by atoms with Crippen molar-refractivity contribution >= 4 is 46.9 Å². The molecule has 0 radical (unpaired) electrons. The molecule has 2 heterocycles. The van der Waals surface area contributed by atoms with Gasteiger partial charge in [-0.15, -0.1) is 11.8 Å². The maximum absolute atomic E-state index is 14.7. The van der Waals surface area contributed by atoms with E-state index in [1.807, 2.05) is 6.92 Å². The predicted octanol–water partition coefficient (Wildman–Crippen LogP) is -1.17. The third-order valence-electron chi connectivity index (χ3n) is 6.38. The molecule has 0 unspecified atom stereocenters. The number of carbonyl (C=O) groups is 3. The summed E-state index contributed by atoms with van der Waals surface area (Å²) < 4.78 is 13.9. The zero-order chi connectivity index (χ0) is 24.1. The number of amides is 2. The molecule has 4 rings (SSSR count). The Balaban J connectivity index is 0.00000324. The van der Waals surface area contributed by atoms with Gasteiger partial charge in [-0.1, -0.05) is 22.8 Å². The van der Waals surface area contributed by atoms with Gasteiger partial charge in [0.2, 0.25) is 5.91 Å². The summed E-state index contributed by atoms with van der Waals surface area (Å²) in [6.07, 6.45) is 3.39. The van der Waals surface area contributed by atoms with Crippen LogP contribution in [-0.4, -0.2) is 56.2 Å². The monoisotopic (exact) mass is 519 g/mol. The molecule has 34 heavy (non-hydrogen) atoms. The third-order valence-corrected chi connectivity index (χ3v) is 8.27. The standard InChI is InChI=1S/C22H25ClFN3O5S.Na/c1-21(2)16(20(30)31)27-18(29)15(19(27)33-21)25-17(28)14(13-11(23)7-6-8-12(13)24)26-32-22(3)9-4-5-10-22;/h6-8,15-16,19H,4-5,9-10H2,1-3H3,(H,25,28)(H,30,31);/q;+1/p-1/b26-14-;/t15-,16-,19+;/m0./s1. The van der Waals surface area contributed by atoms with Crippen LogP contribution in [0.1, 0.15) is 52.0 Å². The molecular formula is C22H24ClFN3NaO5S. The van der Waals surface area contributed by atoms with Crippen molar-refractivity contribution in [1.29, 1.82) is 0 Å². The molecule has 8 nitrogen and oxygen atoms in total. The first-order valence-electron chi connectivity index (χ1n) is 10.7. The Labute approximate surface area is 228 Å². The predicted molar refractivity (Wildman–Crippen MR) is 119 cm³/mol. The Morgan fingerprint density at radius 3 is 2.53 bits per heavy atom. The van der Waals surface area contributed by atoms with Gasteiger partial charge >= 0.3 is 29.6 Å². The Hall–Kier alpha value is -1.33. The molecule has 0 spiro atoms. The van der Waals surface area contributed by atoms with E-state index in [0.717, 1.165) is 31.7 Å². The summed E-state index contributed by atoms with van der Waals surface area (Å²) in [5, 5.41) is 17.6. The summed E-state index contributed by atoms with van der Waals surface area (Å²) in [5.74, 6) is -3.50. The van der Waals surface area contributed by atoms with Gasteiger partial charge in [0.15, 0.2) is 5.71 Å². The van der Waals surface area contributed by atoms with Gasteiger partial charge in [-0.25, -0.2) is 4.39 Å². The fourth-order valence-electron chi connectivity index (χ4n) is 4.63. The van der Waals surface area contributed by atoms with Gasteiger partial charge in [0, 0.05) is 4.75 Å². The summed E-state index contributed by atoms with van der Waals surface area (Å²) in [5.41, 5.74) is -1.19. The van der Waals surface area contributed by atoms with E-state index in [9.17, 15) is 23.9 Å². The van der Waals surface area contributed by atoms with Crippen LogP contribution in [0.15, 0.2) is 23.4 Å². The van der Waals surface area contributed by atoms with Crippen LogP contribution in [-0.2, 0) is 19.2 Å². The number of hydrogen-bond donors (Lipinski definition) is 1. The number of halogens is 2. The van der Waals surface area contributed by atoms with Crippen LogP contribution in [0.25, 0.3) is 0 Å². The molecule has 1 aromatic rings. The summed E-state index contributed by atoms with van der Waals surface area (Å²) >= 11 is 7.44. The summed E-state index contributed by atoms with van der Waals surface area (Å²) in [7, 11) is 0. The van der Waals surface area contributed by atoms with Gasteiger partial charge in [0.1, 0.15) is 22.8 Å². The molecule has 1 aliphatic carbocycles. The number of rotatable bonds is 6. The van der Waals surface area contributed by atoms with Gasteiger partial charge in [-0.05, 0) is 58.6 Å². The Bertz CT molecular complexity index is 1030. The molecule has 178 valence electrons. The molecule has 12 heteroatoms. The average molecular weight is 520 g/mol. The first-order valence-corrected chi connectivity index (χ1v) is 11.9. The molecule has 3 fully saturated rings. The van der Waals surface area contributed by atoms with Crippen molar-refractivity contribution in [3.05, 3.63) is 34.6 Å². The second-order valence-electron chi connectivity index (χ2n) is 9.31. The van der Waals surface area contributed by atoms with Crippen molar-refractivity contribution in [2.24, 2.45) is 5.16 Å². The molecule has 2 amide bonds. The quantitative estimate of drug-likeness (QED) is 0.219.